The molecule has 2 bridgehead atoms. The van der Waals surface area contributed by atoms with Gasteiger partial charge in [0.15, 0.2) is 5.82 Å². The normalized spacial score (nSPS) is 18.2. The monoisotopic (exact) mass is 872 g/mol. The molecule has 0 amide bonds. The lowest BCUT2D eigenvalue weighted by Crippen LogP contribution is -2.42. The number of alkyl halides is 6. The van der Waals surface area contributed by atoms with Crippen LogP contribution in [0.15, 0.2) is 59.3 Å². The maximum absolute atomic E-state index is 12.4. The van der Waals surface area contributed by atoms with E-state index in [-0.39, 0.29) is 29.6 Å². The molecule has 1 saturated heterocycles. The van der Waals surface area contributed by atoms with Gasteiger partial charge < -0.3 is 23.8 Å². The van der Waals surface area contributed by atoms with Crippen molar-refractivity contribution in [1.82, 2.24) is 33.9 Å². The zero-order valence-corrected chi connectivity index (χ0v) is 33.3. The molecule has 20 heteroatoms. The Morgan fingerprint density at radius 3 is 1.64 bits per heavy atom. The number of aromatic nitrogens is 7. The number of fused-ring (bicyclic) bond motifs is 2. The standard InChI is InChI=1S/C24H28F3N5O2S.C12H11BrF3N3O2/c1-14(2)32-23(33-18-6-8-19(9-7-18)34-24(25,26)27)28-21(29-32)11-20-16-4-5-17(20)13-31(12-16)22-10-15(3)30-35-22;1-7(2)19-11(17-10(13)18-19)20-8-3-5-9(6-4-8)21-12(14,15)16/h6-10,14,16-17,20H,4-5,11-13H2,1-3H3;3-7H,1-2H3/t16-,17+,20?;. The van der Waals surface area contributed by atoms with E-state index in [0.717, 1.165) is 43.2 Å². The number of anilines is 1. The topological polar surface area (TPSA) is 114 Å². The van der Waals surface area contributed by atoms with Crippen molar-refractivity contribution in [1.29, 1.82) is 0 Å². The SMILES string of the molecule is CC(C)n1nc(Br)nc1Oc1ccc(OC(F)(F)F)cc1.Cc1cc(N2C[C@H]3CC[C@@H](C2)C3Cc2nc(Oc3ccc(OC(F)(F)F)cc3)n(C(C)C)n2)sn1. The summed E-state index contributed by atoms with van der Waals surface area (Å²) in [6, 6.07) is 13.1. The number of ether oxygens (including phenoxy) is 4. The van der Waals surface area contributed by atoms with Crippen LogP contribution in [0.25, 0.3) is 0 Å². The van der Waals surface area contributed by atoms with E-state index in [9.17, 15) is 26.3 Å². The van der Waals surface area contributed by atoms with Gasteiger partial charge in [0.25, 0.3) is 0 Å². The maximum Gasteiger partial charge on any atom is 0.573 e. The van der Waals surface area contributed by atoms with Crippen molar-refractivity contribution in [2.45, 2.75) is 78.7 Å². The van der Waals surface area contributed by atoms with E-state index in [1.54, 1.807) is 20.9 Å². The van der Waals surface area contributed by atoms with E-state index in [2.05, 4.69) is 55.8 Å². The Morgan fingerprint density at radius 1 is 0.732 bits per heavy atom. The highest BCUT2D eigenvalue weighted by Gasteiger charge is 2.43. The fourth-order valence-electron chi connectivity index (χ4n) is 6.72. The Bertz CT molecular complexity index is 2040. The highest BCUT2D eigenvalue weighted by molar-refractivity contribution is 9.10. The molecular formula is C36H39BrF6N8O4S. The van der Waals surface area contributed by atoms with Gasteiger partial charge in [-0.2, -0.15) is 19.4 Å². The first-order valence-electron chi connectivity index (χ1n) is 17.7. The molecule has 0 N–H and O–H groups in total. The number of piperidine rings is 1. The lowest BCUT2D eigenvalue weighted by atomic mass is 9.82. The zero-order chi connectivity index (χ0) is 40.4. The first kappa shape index (κ1) is 41.1. The molecule has 2 aliphatic rings. The zero-order valence-electron chi connectivity index (χ0n) is 30.9. The Hall–Kier alpha value is -4.59. The molecule has 5 aromatic rings. The number of benzene rings is 2. The number of nitrogens with zero attached hydrogens (tertiary/aromatic N) is 8. The second-order valence-electron chi connectivity index (χ2n) is 14.0. The number of hydrogen-bond donors (Lipinski definition) is 0. The molecule has 7 rings (SSSR count). The molecule has 1 unspecified atom stereocenters. The Balaban J connectivity index is 0.000000217. The third-order valence-corrected chi connectivity index (χ3v) is 10.4. The lowest BCUT2D eigenvalue weighted by molar-refractivity contribution is -0.275. The largest absolute Gasteiger partial charge is 0.573 e. The van der Waals surface area contributed by atoms with Gasteiger partial charge in [-0.25, -0.2) is 9.36 Å². The molecule has 4 heterocycles. The molecule has 0 spiro atoms. The van der Waals surface area contributed by atoms with Gasteiger partial charge in [0.1, 0.15) is 28.0 Å². The minimum absolute atomic E-state index is 0.0200. The van der Waals surface area contributed by atoms with E-state index < -0.39 is 12.7 Å². The molecule has 1 aliphatic heterocycles. The summed E-state index contributed by atoms with van der Waals surface area (Å²) in [6.07, 6.45) is -6.23. The molecule has 2 fully saturated rings. The minimum atomic E-state index is -4.73. The molecule has 12 nitrogen and oxygen atoms in total. The van der Waals surface area contributed by atoms with E-state index in [1.165, 1.54) is 54.2 Å². The van der Waals surface area contributed by atoms with Crippen LogP contribution in [-0.4, -0.2) is 59.7 Å². The van der Waals surface area contributed by atoms with Crippen molar-refractivity contribution in [3.63, 3.8) is 0 Å². The predicted octanol–water partition coefficient (Wildman–Crippen LogP) is 10.3. The number of aryl methyl sites for hydroxylation is 1. The van der Waals surface area contributed by atoms with Crippen molar-refractivity contribution >= 4 is 32.5 Å². The molecule has 0 radical (unpaired) electrons. The minimum Gasteiger partial charge on any atom is -0.424 e. The summed E-state index contributed by atoms with van der Waals surface area (Å²) in [5.41, 5.74) is 1.07. The van der Waals surface area contributed by atoms with Crippen molar-refractivity contribution in [2.75, 3.05) is 18.0 Å². The summed E-state index contributed by atoms with van der Waals surface area (Å²) in [4.78, 5) is 11.2. The predicted molar refractivity (Wildman–Crippen MR) is 197 cm³/mol. The van der Waals surface area contributed by atoms with Crippen LogP contribution in [-0.2, 0) is 6.42 Å². The highest BCUT2D eigenvalue weighted by Crippen LogP contribution is 2.45. The second kappa shape index (κ2) is 16.9. The van der Waals surface area contributed by atoms with Gasteiger partial charge >= 0.3 is 24.7 Å². The molecule has 3 atom stereocenters. The summed E-state index contributed by atoms with van der Waals surface area (Å²) in [6.45, 7) is 11.9. The van der Waals surface area contributed by atoms with Gasteiger partial charge in [-0.05, 0) is 147 Å². The average molecular weight is 874 g/mol. The molecule has 1 saturated carbocycles. The van der Waals surface area contributed by atoms with Gasteiger partial charge in [0.05, 0.1) is 17.8 Å². The Labute approximate surface area is 331 Å². The van der Waals surface area contributed by atoms with Crippen LogP contribution in [0.2, 0.25) is 0 Å². The van der Waals surface area contributed by atoms with Crippen molar-refractivity contribution in [3.8, 4) is 35.0 Å². The van der Waals surface area contributed by atoms with Crippen molar-refractivity contribution in [2.24, 2.45) is 17.8 Å². The van der Waals surface area contributed by atoms with Gasteiger partial charge in [0.2, 0.25) is 4.73 Å². The van der Waals surface area contributed by atoms with Gasteiger partial charge in [-0.1, -0.05) is 0 Å². The fraction of sp³-hybridized carbons (Fsp3) is 0.472. The first-order valence-corrected chi connectivity index (χ1v) is 19.3. The van der Waals surface area contributed by atoms with E-state index in [0.29, 0.717) is 40.0 Å². The molecule has 3 aromatic heterocycles. The molecule has 56 heavy (non-hydrogen) atoms. The van der Waals surface area contributed by atoms with Gasteiger partial charge in [-0.15, -0.1) is 31.4 Å². The highest BCUT2D eigenvalue weighted by atomic mass is 79.9. The van der Waals surface area contributed by atoms with Gasteiger partial charge in [0, 0.05) is 19.5 Å². The van der Waals surface area contributed by atoms with Crippen molar-refractivity contribution < 1.29 is 45.3 Å². The van der Waals surface area contributed by atoms with Crippen LogP contribution >= 0.6 is 27.5 Å². The van der Waals surface area contributed by atoms with Crippen LogP contribution in [0.3, 0.4) is 0 Å². The smallest absolute Gasteiger partial charge is 0.424 e. The number of hydrogen-bond acceptors (Lipinski definition) is 11. The third kappa shape index (κ3) is 10.8. The third-order valence-electron chi connectivity index (χ3n) is 9.10. The van der Waals surface area contributed by atoms with Crippen LogP contribution < -0.4 is 23.8 Å². The molecule has 302 valence electrons. The summed E-state index contributed by atoms with van der Waals surface area (Å²) < 4.78 is 101. The average Bonchev–Trinajstić information content (AvgIpc) is 3.87. The quantitative estimate of drug-likeness (QED) is 0.119. The van der Waals surface area contributed by atoms with E-state index >= 15 is 0 Å². The second-order valence-corrected chi connectivity index (χ2v) is 15.5. The summed E-state index contributed by atoms with van der Waals surface area (Å²) in [7, 11) is 0. The Morgan fingerprint density at radius 2 is 1.20 bits per heavy atom. The fourth-order valence-corrected chi connectivity index (χ4v) is 7.82. The molecule has 1 aliphatic carbocycles. The van der Waals surface area contributed by atoms with Crippen molar-refractivity contribution in [3.05, 3.63) is 70.8 Å². The molecular weight excluding hydrogens is 834 g/mol. The van der Waals surface area contributed by atoms with Crippen LogP contribution in [0.5, 0.6) is 35.0 Å². The van der Waals surface area contributed by atoms with Gasteiger partial charge in [-0.3, -0.25) is 0 Å². The lowest BCUT2D eigenvalue weighted by Gasteiger charge is -2.38. The van der Waals surface area contributed by atoms with Crippen LogP contribution in [0.4, 0.5) is 31.3 Å². The summed E-state index contributed by atoms with van der Waals surface area (Å²) in [5.74, 6) is 2.53. The molecule has 2 aromatic carbocycles. The van der Waals surface area contributed by atoms with E-state index in [4.69, 9.17) is 14.6 Å². The summed E-state index contributed by atoms with van der Waals surface area (Å²) >= 11 is 4.71. The maximum atomic E-state index is 12.4. The summed E-state index contributed by atoms with van der Waals surface area (Å²) in [5, 5.41) is 10.1. The first-order chi connectivity index (χ1) is 26.4. The van der Waals surface area contributed by atoms with Crippen LogP contribution in [0.1, 0.15) is 64.1 Å². The van der Waals surface area contributed by atoms with E-state index in [1.807, 2.05) is 34.6 Å². The van der Waals surface area contributed by atoms with Crippen LogP contribution in [0, 0.1) is 24.7 Å². The Kier molecular flexibility index (Phi) is 12.4. The number of halogens is 7. The number of rotatable bonds is 11.